The largest absolute Gasteiger partial charge is 0.493 e. The van der Waals surface area contributed by atoms with Crippen LogP contribution in [0.4, 0.5) is 0 Å². The quantitative estimate of drug-likeness (QED) is 0.429. The Kier molecular flexibility index (Phi) is 5.95. The minimum Gasteiger partial charge on any atom is -0.493 e. The summed E-state index contributed by atoms with van der Waals surface area (Å²) >= 11 is 3.53. The highest BCUT2D eigenvalue weighted by atomic mass is 79.9. The zero-order valence-corrected chi connectivity index (χ0v) is 18.8. The van der Waals surface area contributed by atoms with Crippen LogP contribution >= 0.6 is 15.9 Å². The first-order chi connectivity index (χ1) is 15.0. The number of carbonyl (C=O) groups is 2. The SMILES string of the molecule is COc1cc(CC2C(=O)OCC2C(=O)c2ccc3c(c2)OCO3)c(Br)c(OC)c1OC. The number of Topliss-reactive ketones (excluding diaryl/α,β-unsaturated/α-hetero) is 1. The molecule has 0 aromatic heterocycles. The number of ether oxygens (including phenoxy) is 6. The number of esters is 1. The molecule has 4 rings (SSSR count). The van der Waals surface area contributed by atoms with Crippen LogP contribution in [0.25, 0.3) is 0 Å². The van der Waals surface area contributed by atoms with Gasteiger partial charge in [-0.05, 0) is 52.2 Å². The van der Waals surface area contributed by atoms with Crippen molar-refractivity contribution in [2.75, 3.05) is 34.7 Å². The van der Waals surface area contributed by atoms with Gasteiger partial charge in [0, 0.05) is 5.56 Å². The topological polar surface area (TPSA) is 89.5 Å². The van der Waals surface area contributed by atoms with Crippen molar-refractivity contribution in [3.05, 3.63) is 39.9 Å². The molecule has 2 atom stereocenters. The number of ketones is 1. The van der Waals surface area contributed by atoms with E-state index in [4.69, 9.17) is 28.4 Å². The van der Waals surface area contributed by atoms with Gasteiger partial charge in [0.2, 0.25) is 12.5 Å². The van der Waals surface area contributed by atoms with Gasteiger partial charge < -0.3 is 28.4 Å². The molecule has 9 heteroatoms. The molecule has 8 nitrogen and oxygen atoms in total. The number of cyclic esters (lactones) is 1. The van der Waals surface area contributed by atoms with Crippen molar-refractivity contribution in [3.63, 3.8) is 0 Å². The predicted octanol–water partition coefficient (Wildman–Crippen LogP) is 3.42. The first-order valence-corrected chi connectivity index (χ1v) is 10.4. The van der Waals surface area contributed by atoms with Gasteiger partial charge in [0.25, 0.3) is 0 Å². The highest BCUT2D eigenvalue weighted by Crippen LogP contribution is 2.46. The molecule has 2 aromatic carbocycles. The molecule has 0 saturated carbocycles. The van der Waals surface area contributed by atoms with E-state index in [1.165, 1.54) is 21.3 Å². The summed E-state index contributed by atoms with van der Waals surface area (Å²) in [6, 6.07) is 6.77. The lowest BCUT2D eigenvalue weighted by Crippen LogP contribution is -2.26. The number of fused-ring (bicyclic) bond motifs is 1. The Hall–Kier alpha value is -2.94. The fourth-order valence-electron chi connectivity index (χ4n) is 3.86. The highest BCUT2D eigenvalue weighted by Gasteiger charge is 2.42. The van der Waals surface area contributed by atoms with Crippen molar-refractivity contribution < 1.29 is 38.0 Å². The van der Waals surface area contributed by atoms with Crippen molar-refractivity contribution in [1.29, 1.82) is 0 Å². The minimum atomic E-state index is -0.656. The molecular weight excluding hydrogens is 472 g/mol. The molecule has 31 heavy (non-hydrogen) atoms. The van der Waals surface area contributed by atoms with E-state index in [1.54, 1.807) is 24.3 Å². The summed E-state index contributed by atoms with van der Waals surface area (Å²) in [5.74, 6) is 0.564. The number of hydrogen-bond acceptors (Lipinski definition) is 8. The van der Waals surface area contributed by atoms with Crippen molar-refractivity contribution in [2.45, 2.75) is 6.42 Å². The standard InChI is InChI=1S/C22H21BrO8/c1-26-17-8-12(18(23)21(28-3)20(17)27-2)6-13-14(9-29-22(13)25)19(24)11-4-5-15-16(7-11)31-10-30-15/h4-5,7-8,13-14H,6,9-10H2,1-3H3. The predicted molar refractivity (Wildman–Crippen MR) is 112 cm³/mol. The van der Waals surface area contributed by atoms with Crippen molar-refractivity contribution in [2.24, 2.45) is 11.8 Å². The summed E-state index contributed by atoms with van der Waals surface area (Å²) in [5, 5.41) is 0. The molecule has 2 heterocycles. The number of hydrogen-bond donors (Lipinski definition) is 0. The smallest absolute Gasteiger partial charge is 0.310 e. The molecule has 2 unspecified atom stereocenters. The molecule has 2 aliphatic heterocycles. The molecule has 0 N–H and O–H groups in total. The van der Waals surface area contributed by atoms with Crippen LogP contribution < -0.4 is 23.7 Å². The fraction of sp³-hybridized carbons (Fsp3) is 0.364. The van der Waals surface area contributed by atoms with Gasteiger partial charge in [0.1, 0.15) is 6.61 Å². The molecule has 2 aromatic rings. The van der Waals surface area contributed by atoms with E-state index in [0.717, 1.165) is 5.56 Å². The molecule has 1 saturated heterocycles. The van der Waals surface area contributed by atoms with Gasteiger partial charge in [0.15, 0.2) is 28.8 Å². The number of carbonyl (C=O) groups excluding carboxylic acids is 2. The Labute approximate surface area is 187 Å². The minimum absolute atomic E-state index is 0.0266. The number of benzene rings is 2. The van der Waals surface area contributed by atoms with Gasteiger partial charge >= 0.3 is 5.97 Å². The number of rotatable bonds is 7. The third-order valence-corrected chi connectivity index (χ3v) is 6.34. The molecule has 1 fully saturated rings. The maximum absolute atomic E-state index is 13.2. The van der Waals surface area contributed by atoms with Gasteiger partial charge in [-0.1, -0.05) is 0 Å². The summed E-state index contributed by atoms with van der Waals surface area (Å²) < 4.78 is 32.8. The van der Waals surface area contributed by atoms with Crippen LogP contribution in [0.2, 0.25) is 0 Å². The molecule has 2 aliphatic rings. The molecule has 164 valence electrons. The summed E-state index contributed by atoms with van der Waals surface area (Å²) in [6.07, 6.45) is 0.261. The van der Waals surface area contributed by atoms with E-state index >= 15 is 0 Å². The normalized spacial score (nSPS) is 19.2. The van der Waals surface area contributed by atoms with Gasteiger partial charge in [-0.3, -0.25) is 9.59 Å². The van der Waals surface area contributed by atoms with Crippen LogP contribution in [-0.4, -0.2) is 46.5 Å². The van der Waals surface area contributed by atoms with Crippen LogP contribution in [0.3, 0.4) is 0 Å². The first-order valence-electron chi connectivity index (χ1n) is 9.56. The maximum atomic E-state index is 13.2. The summed E-state index contributed by atoms with van der Waals surface area (Å²) in [5.41, 5.74) is 1.18. The Morgan fingerprint density at radius 3 is 2.48 bits per heavy atom. The van der Waals surface area contributed by atoms with Crippen LogP contribution in [0.15, 0.2) is 28.7 Å². The molecular formula is C22H21BrO8. The molecule has 0 spiro atoms. The summed E-state index contributed by atoms with van der Waals surface area (Å²) in [7, 11) is 4.55. The lowest BCUT2D eigenvalue weighted by molar-refractivity contribution is -0.141. The lowest BCUT2D eigenvalue weighted by Gasteiger charge is -2.19. The second-order valence-electron chi connectivity index (χ2n) is 7.10. The fourth-order valence-corrected chi connectivity index (χ4v) is 4.48. The average molecular weight is 493 g/mol. The van der Waals surface area contributed by atoms with Crippen molar-refractivity contribution in [1.82, 2.24) is 0 Å². The zero-order chi connectivity index (χ0) is 22.1. The third kappa shape index (κ3) is 3.78. The van der Waals surface area contributed by atoms with Crippen LogP contribution in [0.1, 0.15) is 15.9 Å². The van der Waals surface area contributed by atoms with Gasteiger partial charge in [-0.25, -0.2) is 0 Å². The lowest BCUT2D eigenvalue weighted by atomic mass is 9.84. The Bertz CT molecular complexity index is 1030. The summed E-state index contributed by atoms with van der Waals surface area (Å²) in [4.78, 5) is 25.7. The molecule has 0 radical (unpaired) electrons. The van der Waals surface area contributed by atoms with E-state index in [-0.39, 0.29) is 25.6 Å². The highest BCUT2D eigenvalue weighted by molar-refractivity contribution is 9.10. The van der Waals surface area contributed by atoms with E-state index in [1.807, 2.05) is 0 Å². The van der Waals surface area contributed by atoms with Gasteiger partial charge in [0.05, 0.1) is 37.6 Å². The second-order valence-corrected chi connectivity index (χ2v) is 7.89. The van der Waals surface area contributed by atoms with E-state index in [9.17, 15) is 9.59 Å². The first kappa shape index (κ1) is 21.3. The van der Waals surface area contributed by atoms with E-state index < -0.39 is 17.8 Å². The second kappa shape index (κ2) is 8.66. The molecule has 0 aliphatic carbocycles. The summed E-state index contributed by atoms with van der Waals surface area (Å²) in [6.45, 7) is 0.147. The number of halogens is 1. The van der Waals surface area contributed by atoms with Crippen LogP contribution in [0, 0.1) is 11.8 Å². The van der Waals surface area contributed by atoms with Gasteiger partial charge in [-0.2, -0.15) is 0 Å². The van der Waals surface area contributed by atoms with Crippen LogP contribution in [-0.2, 0) is 16.0 Å². The Morgan fingerprint density at radius 2 is 1.77 bits per heavy atom. The monoisotopic (exact) mass is 492 g/mol. The van der Waals surface area contributed by atoms with E-state index in [0.29, 0.717) is 38.8 Å². The van der Waals surface area contributed by atoms with Gasteiger partial charge in [-0.15, -0.1) is 0 Å². The molecule has 0 amide bonds. The van der Waals surface area contributed by atoms with Crippen LogP contribution in [0.5, 0.6) is 28.7 Å². The molecule has 0 bridgehead atoms. The number of methoxy groups -OCH3 is 3. The van der Waals surface area contributed by atoms with Crippen molar-refractivity contribution >= 4 is 27.7 Å². The zero-order valence-electron chi connectivity index (χ0n) is 17.2. The Morgan fingerprint density at radius 1 is 1.03 bits per heavy atom. The maximum Gasteiger partial charge on any atom is 0.310 e. The Balaban J connectivity index is 1.64. The van der Waals surface area contributed by atoms with E-state index in [2.05, 4.69) is 15.9 Å². The average Bonchev–Trinajstić information content (AvgIpc) is 3.40. The van der Waals surface area contributed by atoms with Crippen molar-refractivity contribution in [3.8, 4) is 28.7 Å². The third-order valence-electron chi connectivity index (χ3n) is 5.47.